The maximum absolute atomic E-state index is 12.4. The smallest absolute Gasteiger partial charge is 0.142 e. The van der Waals surface area contributed by atoms with Crippen molar-refractivity contribution in [2.24, 2.45) is 23.7 Å². The van der Waals surface area contributed by atoms with Crippen molar-refractivity contribution < 1.29 is 9.90 Å². The maximum atomic E-state index is 12.4. The van der Waals surface area contributed by atoms with Crippen molar-refractivity contribution in [1.29, 1.82) is 0 Å². The van der Waals surface area contributed by atoms with E-state index in [9.17, 15) is 9.90 Å². The molecule has 2 rings (SSSR count). The SMILES string of the molecule is C=C(C)[C@@H]1CC[C@H](C)[C@]2(O)CC[C@@H](C)C(=O)[C@H]12. The summed E-state index contributed by atoms with van der Waals surface area (Å²) >= 11 is 0. The largest absolute Gasteiger partial charge is 0.389 e. The lowest BCUT2D eigenvalue weighted by atomic mass is 9.55. The molecule has 0 heterocycles. The van der Waals surface area contributed by atoms with Gasteiger partial charge in [0.1, 0.15) is 5.78 Å². The van der Waals surface area contributed by atoms with E-state index in [1.54, 1.807) is 0 Å². The Labute approximate surface area is 104 Å². The van der Waals surface area contributed by atoms with E-state index < -0.39 is 5.60 Å². The van der Waals surface area contributed by atoms with Crippen LogP contribution in [0.3, 0.4) is 0 Å². The number of hydrogen-bond donors (Lipinski definition) is 1. The van der Waals surface area contributed by atoms with Crippen molar-refractivity contribution in [3.05, 3.63) is 12.2 Å². The minimum atomic E-state index is -0.772. The minimum Gasteiger partial charge on any atom is -0.389 e. The lowest BCUT2D eigenvalue weighted by Gasteiger charge is -2.52. The zero-order chi connectivity index (χ0) is 12.8. The number of allylic oxidation sites excluding steroid dienone is 1. The third-order valence-corrected chi connectivity index (χ3v) is 5.11. The van der Waals surface area contributed by atoms with Gasteiger partial charge in [-0.3, -0.25) is 4.79 Å². The highest BCUT2D eigenvalue weighted by Gasteiger charge is 2.55. The third-order valence-electron chi connectivity index (χ3n) is 5.11. The predicted octanol–water partition coefficient (Wildman–Crippen LogP) is 2.95. The van der Waals surface area contributed by atoms with E-state index in [2.05, 4.69) is 13.5 Å². The fourth-order valence-electron chi connectivity index (χ4n) is 3.78. The molecule has 2 aliphatic carbocycles. The molecule has 0 aliphatic heterocycles. The Morgan fingerprint density at radius 3 is 2.59 bits per heavy atom. The first-order valence-corrected chi connectivity index (χ1v) is 6.79. The Hall–Kier alpha value is -0.630. The van der Waals surface area contributed by atoms with Crippen LogP contribution in [-0.2, 0) is 4.79 Å². The highest BCUT2D eigenvalue weighted by molar-refractivity contribution is 5.86. The van der Waals surface area contributed by atoms with E-state index in [-0.39, 0.29) is 29.5 Å². The standard InChI is InChI=1S/C15H24O2/c1-9(2)12-6-5-11(4)15(17)8-7-10(3)14(16)13(12)15/h10-13,17H,1,5-8H2,2-4H3/t10-,11+,12+,13+,15-/m1/s1. The number of carbonyl (C=O) groups is 1. The van der Waals surface area contributed by atoms with Gasteiger partial charge in [-0.1, -0.05) is 26.0 Å². The summed E-state index contributed by atoms with van der Waals surface area (Å²) in [5, 5.41) is 10.9. The summed E-state index contributed by atoms with van der Waals surface area (Å²) in [6, 6.07) is 0. The summed E-state index contributed by atoms with van der Waals surface area (Å²) in [6.07, 6.45) is 3.61. The molecule has 0 amide bonds. The van der Waals surface area contributed by atoms with Gasteiger partial charge in [0.05, 0.1) is 11.5 Å². The van der Waals surface area contributed by atoms with Gasteiger partial charge in [-0.2, -0.15) is 0 Å². The van der Waals surface area contributed by atoms with Gasteiger partial charge < -0.3 is 5.11 Å². The van der Waals surface area contributed by atoms with Crippen molar-refractivity contribution >= 4 is 5.78 Å². The van der Waals surface area contributed by atoms with Gasteiger partial charge in [-0.25, -0.2) is 0 Å². The van der Waals surface area contributed by atoms with Crippen LogP contribution < -0.4 is 0 Å². The molecule has 17 heavy (non-hydrogen) atoms. The summed E-state index contributed by atoms with van der Waals surface area (Å²) in [7, 11) is 0. The lowest BCUT2D eigenvalue weighted by molar-refractivity contribution is -0.164. The Morgan fingerprint density at radius 2 is 2.00 bits per heavy atom. The molecule has 2 fully saturated rings. The zero-order valence-corrected chi connectivity index (χ0v) is 11.2. The molecule has 0 aromatic rings. The molecular formula is C15H24O2. The monoisotopic (exact) mass is 236 g/mol. The summed E-state index contributed by atoms with van der Waals surface area (Å²) in [5.41, 5.74) is 0.286. The average molecular weight is 236 g/mol. The van der Waals surface area contributed by atoms with Gasteiger partial charge in [-0.05, 0) is 44.4 Å². The highest BCUT2D eigenvalue weighted by Crippen LogP contribution is 2.50. The van der Waals surface area contributed by atoms with E-state index in [1.165, 1.54) is 0 Å². The van der Waals surface area contributed by atoms with Gasteiger partial charge in [0.15, 0.2) is 0 Å². The van der Waals surface area contributed by atoms with Crippen LogP contribution in [0.4, 0.5) is 0 Å². The van der Waals surface area contributed by atoms with Crippen LogP contribution in [-0.4, -0.2) is 16.5 Å². The summed E-state index contributed by atoms with van der Waals surface area (Å²) in [4.78, 5) is 12.4. The van der Waals surface area contributed by atoms with Gasteiger partial charge in [0, 0.05) is 5.92 Å². The summed E-state index contributed by atoms with van der Waals surface area (Å²) in [5.74, 6) is 0.587. The van der Waals surface area contributed by atoms with Gasteiger partial charge >= 0.3 is 0 Å². The molecule has 0 unspecified atom stereocenters. The maximum Gasteiger partial charge on any atom is 0.142 e. The first-order chi connectivity index (χ1) is 7.88. The van der Waals surface area contributed by atoms with Crippen molar-refractivity contribution in [3.63, 3.8) is 0 Å². The van der Waals surface area contributed by atoms with Gasteiger partial charge in [0.25, 0.3) is 0 Å². The number of hydrogen-bond acceptors (Lipinski definition) is 2. The molecule has 96 valence electrons. The van der Waals surface area contributed by atoms with E-state index in [1.807, 2.05) is 13.8 Å². The number of ketones is 1. The second-order valence-electron chi connectivity index (χ2n) is 6.24. The molecule has 5 atom stereocenters. The van der Waals surface area contributed by atoms with Crippen molar-refractivity contribution in [2.75, 3.05) is 0 Å². The van der Waals surface area contributed by atoms with Crippen molar-refractivity contribution in [2.45, 2.75) is 52.1 Å². The Morgan fingerprint density at radius 1 is 1.35 bits per heavy atom. The zero-order valence-electron chi connectivity index (χ0n) is 11.2. The van der Waals surface area contributed by atoms with Crippen LogP contribution in [0.1, 0.15) is 46.5 Å². The van der Waals surface area contributed by atoms with Crippen LogP contribution in [0.25, 0.3) is 0 Å². The first kappa shape index (κ1) is 12.8. The quantitative estimate of drug-likeness (QED) is 0.711. The Bertz CT molecular complexity index is 347. The normalized spacial score (nSPS) is 46.5. The fraction of sp³-hybridized carbons (Fsp3) is 0.800. The van der Waals surface area contributed by atoms with Crippen LogP contribution in [0, 0.1) is 23.7 Å². The summed E-state index contributed by atoms with van der Waals surface area (Å²) < 4.78 is 0. The average Bonchev–Trinajstić information content (AvgIpc) is 2.26. The summed E-state index contributed by atoms with van der Waals surface area (Å²) in [6.45, 7) is 10.1. The Balaban J connectivity index is 2.38. The van der Waals surface area contributed by atoms with Gasteiger partial charge in [-0.15, -0.1) is 0 Å². The molecule has 0 spiro atoms. The van der Waals surface area contributed by atoms with Gasteiger partial charge in [0.2, 0.25) is 0 Å². The molecule has 2 aliphatic rings. The molecular weight excluding hydrogens is 212 g/mol. The van der Waals surface area contributed by atoms with Crippen LogP contribution >= 0.6 is 0 Å². The molecule has 0 aromatic heterocycles. The molecule has 0 bridgehead atoms. The molecule has 2 heteroatoms. The highest BCUT2D eigenvalue weighted by atomic mass is 16.3. The first-order valence-electron chi connectivity index (χ1n) is 6.79. The minimum absolute atomic E-state index is 0.104. The van der Waals surface area contributed by atoms with Crippen molar-refractivity contribution in [1.82, 2.24) is 0 Å². The number of carbonyl (C=O) groups excluding carboxylic acids is 1. The van der Waals surface area contributed by atoms with Crippen molar-refractivity contribution in [3.8, 4) is 0 Å². The molecule has 0 radical (unpaired) electrons. The van der Waals surface area contributed by atoms with E-state index in [0.717, 1.165) is 31.3 Å². The number of aliphatic hydroxyl groups is 1. The second kappa shape index (κ2) is 4.24. The van der Waals surface area contributed by atoms with Crippen LogP contribution in [0.2, 0.25) is 0 Å². The number of fused-ring (bicyclic) bond motifs is 1. The molecule has 2 saturated carbocycles. The van der Waals surface area contributed by atoms with Crippen LogP contribution in [0.15, 0.2) is 12.2 Å². The van der Waals surface area contributed by atoms with E-state index in [4.69, 9.17) is 0 Å². The number of Topliss-reactive ketones (excluding diaryl/α,β-unsaturated/α-hetero) is 1. The fourth-order valence-corrected chi connectivity index (χ4v) is 3.78. The molecule has 2 nitrogen and oxygen atoms in total. The second-order valence-corrected chi connectivity index (χ2v) is 6.24. The molecule has 1 N–H and O–H groups in total. The molecule has 0 aromatic carbocycles. The van der Waals surface area contributed by atoms with E-state index in [0.29, 0.717) is 0 Å². The third kappa shape index (κ3) is 1.87. The Kier molecular flexibility index (Phi) is 3.19. The van der Waals surface area contributed by atoms with Crippen LogP contribution in [0.5, 0.6) is 0 Å². The topological polar surface area (TPSA) is 37.3 Å². The predicted molar refractivity (Wildman–Crippen MR) is 68.5 cm³/mol. The lowest BCUT2D eigenvalue weighted by Crippen LogP contribution is -2.58. The molecule has 0 saturated heterocycles. The number of rotatable bonds is 1. The van der Waals surface area contributed by atoms with E-state index >= 15 is 0 Å².